The van der Waals surface area contributed by atoms with E-state index in [-0.39, 0.29) is 5.56 Å². The van der Waals surface area contributed by atoms with Crippen LogP contribution in [0, 0.1) is 11.6 Å². The van der Waals surface area contributed by atoms with Crippen molar-refractivity contribution < 1.29 is 18.3 Å². The van der Waals surface area contributed by atoms with E-state index in [0.29, 0.717) is 19.3 Å². The van der Waals surface area contributed by atoms with Gasteiger partial charge in [-0.25, -0.2) is 8.78 Å². The third-order valence-electron chi connectivity index (χ3n) is 3.01. The van der Waals surface area contributed by atoms with Gasteiger partial charge in [0.25, 0.3) is 0 Å². The Morgan fingerprint density at radius 2 is 1.89 bits per heavy atom. The fourth-order valence-corrected chi connectivity index (χ4v) is 1.88. The molecule has 1 unspecified atom stereocenters. The number of hydrogen-bond donors (Lipinski definition) is 1. The van der Waals surface area contributed by atoms with Crippen molar-refractivity contribution >= 4 is 5.97 Å². The monoisotopic (exact) mass is 271 g/mol. The highest BCUT2D eigenvalue weighted by molar-refractivity contribution is 5.75. The van der Waals surface area contributed by atoms with Gasteiger partial charge in [0.15, 0.2) is 0 Å². The van der Waals surface area contributed by atoms with Crippen LogP contribution < -0.4 is 5.73 Å². The Kier molecular flexibility index (Phi) is 6.42. The first-order chi connectivity index (χ1) is 9.06. The molecule has 0 saturated carbocycles. The van der Waals surface area contributed by atoms with E-state index < -0.39 is 23.6 Å². The second kappa shape index (κ2) is 7.84. The van der Waals surface area contributed by atoms with Gasteiger partial charge in [-0.2, -0.15) is 0 Å². The van der Waals surface area contributed by atoms with Crippen LogP contribution in [-0.2, 0) is 16.0 Å². The van der Waals surface area contributed by atoms with Gasteiger partial charge in [-0.15, -0.1) is 0 Å². The second-order valence-corrected chi connectivity index (χ2v) is 4.43. The molecule has 0 radical (unpaired) electrons. The van der Waals surface area contributed by atoms with E-state index >= 15 is 0 Å². The van der Waals surface area contributed by atoms with Gasteiger partial charge in [0, 0.05) is 5.56 Å². The number of methoxy groups -OCH3 is 1. The predicted molar refractivity (Wildman–Crippen MR) is 68.5 cm³/mol. The van der Waals surface area contributed by atoms with Crippen LogP contribution in [0.5, 0.6) is 0 Å². The lowest BCUT2D eigenvalue weighted by Crippen LogP contribution is -2.31. The number of carbonyl (C=O) groups is 1. The summed E-state index contributed by atoms with van der Waals surface area (Å²) in [5, 5.41) is 0. The lowest BCUT2D eigenvalue weighted by Gasteiger charge is -2.09. The Balaban J connectivity index is 2.26. The van der Waals surface area contributed by atoms with E-state index in [1.165, 1.54) is 25.3 Å². The van der Waals surface area contributed by atoms with Gasteiger partial charge in [0.05, 0.1) is 7.11 Å². The van der Waals surface area contributed by atoms with E-state index in [1.54, 1.807) is 0 Å². The van der Waals surface area contributed by atoms with E-state index in [0.717, 1.165) is 12.8 Å². The van der Waals surface area contributed by atoms with Gasteiger partial charge in [-0.1, -0.05) is 18.9 Å². The van der Waals surface area contributed by atoms with Gasteiger partial charge in [0.1, 0.15) is 17.7 Å². The summed E-state index contributed by atoms with van der Waals surface area (Å²) in [7, 11) is 1.29. The van der Waals surface area contributed by atoms with E-state index in [2.05, 4.69) is 4.74 Å². The van der Waals surface area contributed by atoms with Crippen molar-refractivity contribution in [3.8, 4) is 0 Å². The Bertz CT molecular complexity index is 404. The number of carbonyl (C=O) groups excluding carboxylic acids is 1. The lowest BCUT2D eigenvalue weighted by atomic mass is 10.0. The third-order valence-corrected chi connectivity index (χ3v) is 3.01. The van der Waals surface area contributed by atoms with Crippen molar-refractivity contribution in [3.63, 3.8) is 0 Å². The largest absolute Gasteiger partial charge is 0.468 e. The molecule has 1 atom stereocenters. The minimum Gasteiger partial charge on any atom is -0.468 e. The van der Waals surface area contributed by atoms with Gasteiger partial charge < -0.3 is 10.5 Å². The van der Waals surface area contributed by atoms with Gasteiger partial charge >= 0.3 is 5.97 Å². The minimum atomic E-state index is -0.616. The lowest BCUT2D eigenvalue weighted by molar-refractivity contribution is -0.142. The van der Waals surface area contributed by atoms with Crippen LogP contribution in [0.4, 0.5) is 8.78 Å². The van der Waals surface area contributed by atoms with Crippen LogP contribution in [0.3, 0.4) is 0 Å². The zero-order chi connectivity index (χ0) is 14.3. The summed E-state index contributed by atoms with van der Waals surface area (Å²) in [6, 6.07) is 3.25. The molecule has 3 nitrogen and oxygen atoms in total. The van der Waals surface area contributed by atoms with Crippen LogP contribution in [0.15, 0.2) is 18.2 Å². The maximum Gasteiger partial charge on any atom is 0.322 e. The topological polar surface area (TPSA) is 52.3 Å². The highest BCUT2D eigenvalue weighted by atomic mass is 19.1. The first-order valence-electron chi connectivity index (χ1n) is 6.32. The average Bonchev–Trinajstić information content (AvgIpc) is 2.40. The summed E-state index contributed by atoms with van der Waals surface area (Å²) in [4.78, 5) is 11.0. The van der Waals surface area contributed by atoms with E-state index in [9.17, 15) is 13.6 Å². The molecule has 0 bridgehead atoms. The van der Waals surface area contributed by atoms with Crippen molar-refractivity contribution in [1.82, 2.24) is 0 Å². The number of rotatable bonds is 7. The Morgan fingerprint density at radius 1 is 1.26 bits per heavy atom. The predicted octanol–water partition coefficient (Wildman–Crippen LogP) is 2.57. The second-order valence-electron chi connectivity index (χ2n) is 4.43. The number of halogens is 2. The molecular formula is C14H19F2NO2. The van der Waals surface area contributed by atoms with Gasteiger partial charge in [-0.05, 0) is 31.4 Å². The van der Waals surface area contributed by atoms with Crippen LogP contribution in [0.1, 0.15) is 31.2 Å². The molecule has 2 N–H and O–H groups in total. The molecule has 0 aliphatic rings. The van der Waals surface area contributed by atoms with E-state index in [4.69, 9.17) is 5.73 Å². The summed E-state index contributed by atoms with van der Waals surface area (Å²) in [6.45, 7) is 0. The highest BCUT2D eigenvalue weighted by Gasteiger charge is 2.13. The summed E-state index contributed by atoms with van der Waals surface area (Å²) in [6.07, 6.45) is 3.02. The zero-order valence-electron chi connectivity index (χ0n) is 11.0. The fraction of sp³-hybridized carbons (Fsp3) is 0.500. The van der Waals surface area contributed by atoms with Crippen molar-refractivity contribution in [3.05, 3.63) is 35.4 Å². The molecule has 5 heteroatoms. The minimum absolute atomic E-state index is 0.125. The third kappa shape index (κ3) is 4.95. The van der Waals surface area contributed by atoms with Crippen molar-refractivity contribution in [2.45, 2.75) is 38.1 Å². The number of esters is 1. The maximum atomic E-state index is 13.3. The first kappa shape index (κ1) is 15.6. The Morgan fingerprint density at radius 3 is 2.47 bits per heavy atom. The van der Waals surface area contributed by atoms with Gasteiger partial charge in [0.2, 0.25) is 0 Å². The quantitative estimate of drug-likeness (QED) is 0.612. The smallest absolute Gasteiger partial charge is 0.322 e. The number of ether oxygens (including phenoxy) is 1. The summed E-state index contributed by atoms with van der Waals surface area (Å²) in [5.74, 6) is -1.45. The molecule has 106 valence electrons. The standard InChI is InChI=1S/C14H19F2NO2/c1-19-14(18)13(17)9-4-2-3-6-10-11(15)7-5-8-12(10)16/h5,7-8,13H,2-4,6,9,17H2,1H3. The number of benzene rings is 1. The van der Waals surface area contributed by atoms with Crippen LogP contribution in [0.2, 0.25) is 0 Å². The fourth-order valence-electron chi connectivity index (χ4n) is 1.88. The number of hydrogen-bond acceptors (Lipinski definition) is 3. The normalized spacial score (nSPS) is 12.2. The molecular weight excluding hydrogens is 252 g/mol. The maximum absolute atomic E-state index is 13.3. The molecule has 1 aromatic carbocycles. The first-order valence-corrected chi connectivity index (χ1v) is 6.32. The van der Waals surface area contributed by atoms with Crippen molar-refractivity contribution in [2.75, 3.05) is 7.11 Å². The van der Waals surface area contributed by atoms with Gasteiger partial charge in [-0.3, -0.25) is 4.79 Å². The summed E-state index contributed by atoms with van der Waals surface area (Å²) < 4.78 is 31.1. The molecule has 0 heterocycles. The molecule has 19 heavy (non-hydrogen) atoms. The molecule has 0 aromatic heterocycles. The zero-order valence-corrected chi connectivity index (χ0v) is 11.0. The molecule has 0 amide bonds. The molecule has 1 aromatic rings. The molecule has 1 rings (SSSR count). The highest BCUT2D eigenvalue weighted by Crippen LogP contribution is 2.16. The molecule has 0 aliphatic heterocycles. The Hall–Kier alpha value is -1.49. The van der Waals surface area contributed by atoms with Crippen LogP contribution >= 0.6 is 0 Å². The van der Waals surface area contributed by atoms with Crippen LogP contribution in [0.25, 0.3) is 0 Å². The van der Waals surface area contributed by atoms with Crippen molar-refractivity contribution in [1.29, 1.82) is 0 Å². The van der Waals surface area contributed by atoms with Crippen molar-refractivity contribution in [2.24, 2.45) is 5.73 Å². The van der Waals surface area contributed by atoms with Crippen LogP contribution in [-0.4, -0.2) is 19.1 Å². The average molecular weight is 271 g/mol. The number of nitrogens with two attached hydrogens (primary N) is 1. The molecule has 0 aliphatic carbocycles. The van der Waals surface area contributed by atoms with E-state index in [1.807, 2.05) is 0 Å². The number of unbranched alkanes of at least 4 members (excludes halogenated alkanes) is 2. The molecule has 0 spiro atoms. The molecule has 0 saturated heterocycles. The SMILES string of the molecule is COC(=O)C(N)CCCCCc1c(F)cccc1F. The summed E-state index contributed by atoms with van der Waals surface area (Å²) >= 11 is 0. The Labute approximate surface area is 111 Å². The molecule has 0 fully saturated rings. The summed E-state index contributed by atoms with van der Waals surface area (Å²) in [5.41, 5.74) is 5.70.